The maximum absolute atomic E-state index is 13.2. The van der Waals surface area contributed by atoms with Crippen molar-refractivity contribution in [3.05, 3.63) is 66.1 Å². The molecule has 0 radical (unpaired) electrons. The van der Waals surface area contributed by atoms with Gasteiger partial charge in [0.1, 0.15) is 5.69 Å². The zero-order valence-corrected chi connectivity index (χ0v) is 16.3. The van der Waals surface area contributed by atoms with Gasteiger partial charge in [-0.15, -0.1) is 0 Å². The van der Waals surface area contributed by atoms with E-state index in [0.717, 1.165) is 0 Å². The van der Waals surface area contributed by atoms with Gasteiger partial charge in [0.25, 0.3) is 5.91 Å². The SMILES string of the molecule is CC(=O)c1ccccc1NC(=O)c1cc(-c2ccco2)nc2c1cnn2C(C)C. The highest BCUT2D eigenvalue weighted by Gasteiger charge is 2.20. The third-order valence-electron chi connectivity index (χ3n) is 4.63. The Kier molecular flexibility index (Phi) is 4.72. The summed E-state index contributed by atoms with van der Waals surface area (Å²) in [6.45, 7) is 5.46. The van der Waals surface area contributed by atoms with E-state index in [4.69, 9.17) is 4.42 Å². The molecule has 3 aromatic heterocycles. The lowest BCUT2D eigenvalue weighted by Crippen LogP contribution is -2.15. The fourth-order valence-corrected chi connectivity index (χ4v) is 3.22. The number of aromatic nitrogens is 3. The summed E-state index contributed by atoms with van der Waals surface area (Å²) in [5, 5.41) is 7.89. The van der Waals surface area contributed by atoms with E-state index in [1.807, 2.05) is 13.8 Å². The number of anilines is 1. The number of Topliss-reactive ketones (excluding diaryl/α,β-unsaturated/α-hetero) is 1. The van der Waals surface area contributed by atoms with Gasteiger partial charge in [0.2, 0.25) is 0 Å². The van der Waals surface area contributed by atoms with Gasteiger partial charge in [-0.1, -0.05) is 12.1 Å². The number of fused-ring (bicyclic) bond motifs is 1. The summed E-state index contributed by atoms with van der Waals surface area (Å²) < 4.78 is 7.25. The van der Waals surface area contributed by atoms with Crippen LogP contribution in [-0.4, -0.2) is 26.5 Å². The number of carbonyl (C=O) groups is 2. The molecule has 1 aromatic carbocycles. The van der Waals surface area contributed by atoms with E-state index in [0.29, 0.717) is 39.3 Å². The van der Waals surface area contributed by atoms with Crippen molar-refractivity contribution < 1.29 is 14.0 Å². The Hall–Kier alpha value is -3.74. The number of nitrogens with zero attached hydrogens (tertiary/aromatic N) is 3. The first kappa shape index (κ1) is 18.6. The van der Waals surface area contributed by atoms with Crippen LogP contribution in [-0.2, 0) is 0 Å². The second-order valence-corrected chi connectivity index (χ2v) is 7.01. The molecule has 3 heterocycles. The van der Waals surface area contributed by atoms with Crippen molar-refractivity contribution in [1.82, 2.24) is 14.8 Å². The van der Waals surface area contributed by atoms with E-state index in [9.17, 15) is 9.59 Å². The molecule has 1 N–H and O–H groups in total. The standard InChI is InChI=1S/C22H20N4O3/c1-13(2)26-21-17(12-23-26)16(11-19(24-21)20-9-6-10-29-20)22(28)25-18-8-5-4-7-15(18)14(3)27/h4-13H,1-3H3,(H,25,28). The predicted molar refractivity (Wildman–Crippen MR) is 110 cm³/mol. The summed E-state index contributed by atoms with van der Waals surface area (Å²) in [7, 11) is 0. The molecule has 0 saturated carbocycles. The second-order valence-electron chi connectivity index (χ2n) is 7.01. The molecule has 0 bridgehead atoms. The summed E-state index contributed by atoms with van der Waals surface area (Å²) in [4.78, 5) is 29.8. The van der Waals surface area contributed by atoms with Gasteiger partial charge < -0.3 is 9.73 Å². The lowest BCUT2D eigenvalue weighted by Gasteiger charge is -2.11. The Morgan fingerprint density at radius 3 is 2.59 bits per heavy atom. The third-order valence-corrected chi connectivity index (χ3v) is 4.63. The number of carbonyl (C=O) groups excluding carboxylic acids is 2. The molecular formula is C22H20N4O3. The van der Waals surface area contributed by atoms with Crippen molar-refractivity contribution in [1.29, 1.82) is 0 Å². The smallest absolute Gasteiger partial charge is 0.256 e. The normalized spacial score (nSPS) is 11.2. The fourth-order valence-electron chi connectivity index (χ4n) is 3.22. The number of furan rings is 1. The Balaban J connectivity index is 1.84. The first-order valence-electron chi connectivity index (χ1n) is 9.29. The molecule has 0 fully saturated rings. The van der Waals surface area contributed by atoms with Crippen LogP contribution >= 0.6 is 0 Å². The van der Waals surface area contributed by atoms with Gasteiger partial charge in [-0.25, -0.2) is 9.67 Å². The monoisotopic (exact) mass is 388 g/mol. The second kappa shape index (κ2) is 7.35. The minimum atomic E-state index is -0.345. The van der Waals surface area contributed by atoms with Gasteiger partial charge in [-0.3, -0.25) is 9.59 Å². The molecule has 0 aliphatic heterocycles. The van der Waals surface area contributed by atoms with Crippen molar-refractivity contribution >= 4 is 28.4 Å². The van der Waals surface area contributed by atoms with Crippen LogP contribution in [0.2, 0.25) is 0 Å². The van der Waals surface area contributed by atoms with Crippen molar-refractivity contribution in [2.45, 2.75) is 26.8 Å². The number of hydrogen-bond acceptors (Lipinski definition) is 5. The van der Waals surface area contributed by atoms with Gasteiger partial charge in [-0.2, -0.15) is 5.10 Å². The number of rotatable bonds is 5. The topological polar surface area (TPSA) is 90.0 Å². The summed E-state index contributed by atoms with van der Waals surface area (Å²) in [5.74, 6) is 0.0912. The molecule has 146 valence electrons. The molecule has 7 heteroatoms. The largest absolute Gasteiger partial charge is 0.463 e. The molecule has 1 amide bonds. The molecule has 0 spiro atoms. The highest BCUT2D eigenvalue weighted by atomic mass is 16.3. The molecule has 0 atom stereocenters. The first-order chi connectivity index (χ1) is 14.0. The zero-order chi connectivity index (χ0) is 20.5. The molecule has 0 aliphatic carbocycles. The molecule has 0 saturated heterocycles. The van der Waals surface area contributed by atoms with E-state index >= 15 is 0 Å². The van der Waals surface area contributed by atoms with Crippen molar-refractivity contribution in [3.63, 3.8) is 0 Å². The fraction of sp³-hybridized carbons (Fsp3) is 0.182. The molecule has 4 rings (SSSR count). The Morgan fingerprint density at radius 1 is 1.10 bits per heavy atom. The lowest BCUT2D eigenvalue weighted by molar-refractivity contribution is 0.101. The molecule has 0 unspecified atom stereocenters. The van der Waals surface area contributed by atoms with Gasteiger partial charge >= 0.3 is 0 Å². The average Bonchev–Trinajstić information content (AvgIpc) is 3.37. The van der Waals surface area contributed by atoms with Gasteiger partial charge in [0.15, 0.2) is 17.2 Å². The maximum Gasteiger partial charge on any atom is 0.256 e. The van der Waals surface area contributed by atoms with Crippen LogP contribution in [0.25, 0.3) is 22.5 Å². The van der Waals surface area contributed by atoms with Crippen LogP contribution in [0.5, 0.6) is 0 Å². The van der Waals surface area contributed by atoms with Crippen LogP contribution in [0.15, 0.2) is 59.3 Å². The van der Waals surface area contributed by atoms with Crippen molar-refractivity contribution in [2.24, 2.45) is 0 Å². The van der Waals surface area contributed by atoms with Crippen LogP contribution in [0.3, 0.4) is 0 Å². The minimum Gasteiger partial charge on any atom is -0.463 e. The number of amides is 1. The average molecular weight is 388 g/mol. The Bertz CT molecular complexity index is 1210. The number of pyridine rings is 1. The van der Waals surface area contributed by atoms with Crippen molar-refractivity contribution in [2.75, 3.05) is 5.32 Å². The number of nitrogens with one attached hydrogen (secondary N) is 1. The van der Waals surface area contributed by atoms with Gasteiger partial charge in [-0.05, 0) is 51.1 Å². The molecule has 7 nitrogen and oxygen atoms in total. The quantitative estimate of drug-likeness (QED) is 0.499. The molecule has 29 heavy (non-hydrogen) atoms. The zero-order valence-electron chi connectivity index (χ0n) is 16.3. The van der Waals surface area contributed by atoms with Crippen LogP contribution in [0.1, 0.15) is 47.5 Å². The summed E-state index contributed by atoms with van der Waals surface area (Å²) >= 11 is 0. The Morgan fingerprint density at radius 2 is 1.90 bits per heavy atom. The number of para-hydroxylation sites is 1. The summed E-state index contributed by atoms with van der Waals surface area (Å²) in [6.07, 6.45) is 3.20. The number of ketones is 1. The predicted octanol–water partition coefficient (Wildman–Crippen LogP) is 4.73. The van der Waals surface area contributed by atoms with E-state index < -0.39 is 0 Å². The van der Waals surface area contributed by atoms with E-state index in [1.54, 1.807) is 59.6 Å². The van der Waals surface area contributed by atoms with Crippen molar-refractivity contribution in [3.8, 4) is 11.5 Å². The molecular weight excluding hydrogens is 368 g/mol. The first-order valence-corrected chi connectivity index (χ1v) is 9.29. The van der Waals surface area contributed by atoms with E-state index in [2.05, 4.69) is 15.4 Å². The van der Waals surface area contributed by atoms with Gasteiger partial charge in [0, 0.05) is 11.6 Å². The van der Waals surface area contributed by atoms with Crippen LogP contribution in [0.4, 0.5) is 5.69 Å². The molecule has 0 aliphatic rings. The van der Waals surface area contributed by atoms with E-state index in [-0.39, 0.29) is 17.7 Å². The lowest BCUT2D eigenvalue weighted by atomic mass is 10.1. The maximum atomic E-state index is 13.2. The van der Waals surface area contributed by atoms with E-state index in [1.165, 1.54) is 6.92 Å². The van der Waals surface area contributed by atoms with Gasteiger partial charge in [0.05, 0.1) is 29.1 Å². The van der Waals surface area contributed by atoms with Crippen LogP contribution in [0, 0.1) is 0 Å². The number of hydrogen-bond donors (Lipinski definition) is 1. The highest BCUT2D eigenvalue weighted by molar-refractivity contribution is 6.14. The summed E-state index contributed by atoms with van der Waals surface area (Å²) in [5.41, 5.74) is 2.46. The minimum absolute atomic E-state index is 0.0706. The summed E-state index contributed by atoms with van der Waals surface area (Å²) in [6, 6.07) is 12.2. The Labute approximate surface area is 167 Å². The van der Waals surface area contributed by atoms with Crippen LogP contribution < -0.4 is 5.32 Å². The highest BCUT2D eigenvalue weighted by Crippen LogP contribution is 2.27. The molecule has 4 aromatic rings. The number of benzene rings is 1. The third kappa shape index (κ3) is 3.42.